The molecule has 0 heterocycles. The SMILES string of the molecule is CCCC/C=C/C([O-])=C/C=C/CCCCCCCC(=O)O.[K+]. The van der Waals surface area contributed by atoms with E-state index in [0.29, 0.717) is 0 Å². The fourth-order valence-electron chi connectivity index (χ4n) is 1.90. The van der Waals surface area contributed by atoms with Crippen LogP contribution in [0.25, 0.3) is 0 Å². The molecule has 0 spiro atoms. The smallest absolute Gasteiger partial charge is 0.872 e. The zero-order chi connectivity index (χ0) is 15.8. The molecule has 0 aromatic rings. The zero-order valence-corrected chi connectivity index (χ0v) is 17.3. The average molecular weight is 333 g/mol. The molecule has 22 heavy (non-hydrogen) atoms. The summed E-state index contributed by atoms with van der Waals surface area (Å²) in [6.07, 6.45) is 18.6. The Bertz CT molecular complexity index is 346. The summed E-state index contributed by atoms with van der Waals surface area (Å²) in [6.45, 7) is 2.14. The summed E-state index contributed by atoms with van der Waals surface area (Å²) >= 11 is 0. The number of carboxylic acids is 1. The summed E-state index contributed by atoms with van der Waals surface area (Å²) < 4.78 is 0. The molecule has 0 saturated carbocycles. The first-order valence-corrected chi connectivity index (χ1v) is 8.09. The molecule has 0 aromatic heterocycles. The summed E-state index contributed by atoms with van der Waals surface area (Å²) in [4.78, 5) is 10.3. The van der Waals surface area contributed by atoms with E-state index in [0.717, 1.165) is 57.8 Å². The first kappa shape index (κ1) is 24.4. The van der Waals surface area contributed by atoms with E-state index < -0.39 is 5.97 Å². The van der Waals surface area contributed by atoms with E-state index in [4.69, 9.17) is 5.11 Å². The minimum atomic E-state index is -0.707. The number of unbranched alkanes of at least 4 members (excludes halogenated alkanes) is 7. The topological polar surface area (TPSA) is 60.4 Å². The van der Waals surface area contributed by atoms with Crippen molar-refractivity contribution in [3.63, 3.8) is 0 Å². The maximum absolute atomic E-state index is 11.4. The summed E-state index contributed by atoms with van der Waals surface area (Å²) in [5.41, 5.74) is 0. The Labute approximate surface area is 178 Å². The van der Waals surface area contributed by atoms with Gasteiger partial charge in [-0.1, -0.05) is 69.4 Å². The van der Waals surface area contributed by atoms with Crippen LogP contribution < -0.4 is 56.5 Å². The summed E-state index contributed by atoms with van der Waals surface area (Å²) in [7, 11) is 0. The van der Waals surface area contributed by atoms with E-state index in [1.165, 1.54) is 0 Å². The van der Waals surface area contributed by atoms with Crippen molar-refractivity contribution in [3.05, 3.63) is 36.1 Å². The average Bonchev–Trinajstić information content (AvgIpc) is 2.45. The second-order valence-electron chi connectivity index (χ2n) is 5.24. The zero-order valence-electron chi connectivity index (χ0n) is 14.2. The summed E-state index contributed by atoms with van der Waals surface area (Å²) in [5.74, 6) is -0.655. The molecule has 0 aromatic carbocycles. The predicted molar refractivity (Wildman–Crippen MR) is 85.8 cm³/mol. The van der Waals surface area contributed by atoms with Crippen LogP contribution in [0.2, 0.25) is 0 Å². The van der Waals surface area contributed by atoms with Gasteiger partial charge in [0, 0.05) is 6.42 Å². The van der Waals surface area contributed by atoms with Crippen molar-refractivity contribution in [3.8, 4) is 0 Å². The number of aliphatic carboxylic acids is 1. The van der Waals surface area contributed by atoms with E-state index in [-0.39, 0.29) is 63.6 Å². The Morgan fingerprint density at radius 1 is 1.00 bits per heavy atom. The van der Waals surface area contributed by atoms with Crippen molar-refractivity contribution < 1.29 is 66.4 Å². The van der Waals surface area contributed by atoms with E-state index in [2.05, 4.69) is 6.92 Å². The van der Waals surface area contributed by atoms with Crippen LogP contribution >= 0.6 is 0 Å². The molecule has 3 nitrogen and oxygen atoms in total. The van der Waals surface area contributed by atoms with Gasteiger partial charge < -0.3 is 10.2 Å². The second-order valence-corrected chi connectivity index (χ2v) is 5.24. The molecular formula is C18H29KO3. The van der Waals surface area contributed by atoms with Crippen LogP contribution in [0.1, 0.15) is 71.1 Å². The molecule has 0 bridgehead atoms. The molecule has 0 saturated heterocycles. The Morgan fingerprint density at radius 3 is 2.32 bits per heavy atom. The maximum Gasteiger partial charge on any atom is 1.00 e. The molecule has 0 rings (SSSR count). The van der Waals surface area contributed by atoms with Crippen molar-refractivity contribution in [1.29, 1.82) is 0 Å². The van der Waals surface area contributed by atoms with Gasteiger partial charge in [0.05, 0.1) is 0 Å². The van der Waals surface area contributed by atoms with Gasteiger partial charge in [0.1, 0.15) is 0 Å². The number of carboxylic acid groups (broad SMARTS) is 1. The minimum absolute atomic E-state index is 0. The summed E-state index contributed by atoms with van der Waals surface area (Å²) in [6, 6.07) is 0. The van der Waals surface area contributed by atoms with Crippen molar-refractivity contribution in [2.75, 3.05) is 0 Å². The van der Waals surface area contributed by atoms with Crippen LogP contribution in [0, 0.1) is 0 Å². The van der Waals surface area contributed by atoms with E-state index >= 15 is 0 Å². The van der Waals surface area contributed by atoms with Crippen LogP contribution in [-0.2, 0) is 4.79 Å². The monoisotopic (exact) mass is 332 g/mol. The van der Waals surface area contributed by atoms with Gasteiger partial charge in [0.15, 0.2) is 0 Å². The largest absolute Gasteiger partial charge is 1.00 e. The number of hydrogen-bond donors (Lipinski definition) is 1. The van der Waals surface area contributed by atoms with Gasteiger partial charge in [-0.2, -0.15) is 0 Å². The van der Waals surface area contributed by atoms with E-state index in [9.17, 15) is 9.90 Å². The molecule has 0 atom stereocenters. The van der Waals surface area contributed by atoms with Crippen molar-refractivity contribution in [1.82, 2.24) is 0 Å². The predicted octanol–water partition coefficient (Wildman–Crippen LogP) is 1.35. The number of allylic oxidation sites excluding steroid dienone is 5. The van der Waals surface area contributed by atoms with Gasteiger partial charge in [-0.15, -0.1) is 5.76 Å². The van der Waals surface area contributed by atoms with Crippen LogP contribution in [0.3, 0.4) is 0 Å². The third-order valence-corrected chi connectivity index (χ3v) is 3.16. The molecule has 120 valence electrons. The molecule has 0 amide bonds. The number of rotatable bonds is 13. The van der Waals surface area contributed by atoms with E-state index in [1.807, 2.05) is 18.2 Å². The quantitative estimate of drug-likeness (QED) is 0.240. The molecule has 4 heteroatoms. The van der Waals surface area contributed by atoms with E-state index in [1.54, 1.807) is 12.2 Å². The summed E-state index contributed by atoms with van der Waals surface area (Å²) in [5, 5.41) is 19.9. The first-order chi connectivity index (χ1) is 10.2. The molecule has 0 aliphatic heterocycles. The number of carbonyl (C=O) groups is 1. The Morgan fingerprint density at radius 2 is 1.64 bits per heavy atom. The van der Waals surface area contributed by atoms with Crippen LogP contribution in [-0.4, -0.2) is 11.1 Å². The van der Waals surface area contributed by atoms with Crippen molar-refractivity contribution in [2.45, 2.75) is 71.1 Å². The normalized spacial score (nSPS) is 12.0. The fraction of sp³-hybridized carbons (Fsp3) is 0.611. The Hall–Kier alpha value is 0.126. The molecule has 0 radical (unpaired) electrons. The Balaban J connectivity index is 0. The third kappa shape index (κ3) is 20.1. The van der Waals surface area contributed by atoms with Gasteiger partial charge >= 0.3 is 57.4 Å². The van der Waals surface area contributed by atoms with Gasteiger partial charge in [0.25, 0.3) is 0 Å². The van der Waals surface area contributed by atoms with Gasteiger partial charge in [-0.25, -0.2) is 0 Å². The van der Waals surface area contributed by atoms with Gasteiger partial charge in [-0.05, 0) is 25.7 Å². The molecule has 0 fully saturated rings. The van der Waals surface area contributed by atoms with Crippen LogP contribution in [0.4, 0.5) is 0 Å². The first-order valence-electron chi connectivity index (χ1n) is 8.09. The van der Waals surface area contributed by atoms with Crippen molar-refractivity contribution in [2.24, 2.45) is 0 Å². The number of hydrogen-bond acceptors (Lipinski definition) is 2. The van der Waals surface area contributed by atoms with Gasteiger partial charge in [-0.3, -0.25) is 4.79 Å². The second kappa shape index (κ2) is 19.2. The minimum Gasteiger partial charge on any atom is -0.872 e. The molecule has 0 aliphatic rings. The fourth-order valence-corrected chi connectivity index (χ4v) is 1.90. The molecule has 0 aliphatic carbocycles. The standard InChI is InChI=1S/C18H30O3.K/c1-2-3-4-11-14-17(19)15-12-9-7-5-6-8-10-13-16-18(20)21;/h9,11-12,14-15,19H,2-8,10,13,16H2,1H3,(H,20,21);/q;+1/p-1/b12-9+,14-11+,17-15-;. The maximum atomic E-state index is 11.4. The molecule has 1 N–H and O–H groups in total. The molecule has 0 unspecified atom stereocenters. The van der Waals surface area contributed by atoms with Gasteiger partial charge in [0.2, 0.25) is 0 Å². The van der Waals surface area contributed by atoms with Crippen molar-refractivity contribution >= 4 is 5.97 Å². The third-order valence-electron chi connectivity index (χ3n) is 3.16. The van der Waals surface area contributed by atoms with Crippen LogP contribution in [0.15, 0.2) is 36.1 Å². The molecular weight excluding hydrogens is 303 g/mol. The van der Waals surface area contributed by atoms with Crippen LogP contribution in [0.5, 0.6) is 0 Å². The Kier molecular flexibility index (Phi) is 21.2.